The Morgan fingerprint density at radius 1 is 1.11 bits per heavy atom. The topological polar surface area (TPSA) is 47.6 Å². The van der Waals surface area contributed by atoms with Crippen LogP contribution in [0.5, 0.6) is 11.5 Å². The molecule has 0 heterocycles. The number of carbonyl (C=O) groups is 1. The maximum absolute atomic E-state index is 12.7. The number of rotatable bonds is 7. The summed E-state index contributed by atoms with van der Waals surface area (Å²) in [6.07, 6.45) is 0.909. The van der Waals surface area contributed by atoms with Crippen molar-refractivity contribution in [3.8, 4) is 11.5 Å². The summed E-state index contributed by atoms with van der Waals surface area (Å²) in [6, 6.07) is 17.8. The molecule has 5 heteroatoms. The molecule has 3 rings (SSSR count). The van der Waals surface area contributed by atoms with Crippen molar-refractivity contribution in [2.75, 3.05) is 13.7 Å². The molecule has 0 fully saturated rings. The summed E-state index contributed by atoms with van der Waals surface area (Å²) < 4.78 is 12.0. The number of ether oxygens (including phenoxy) is 2. The maximum atomic E-state index is 12.7. The van der Waals surface area contributed by atoms with E-state index in [0.29, 0.717) is 30.2 Å². The third-order valence-corrected chi connectivity index (χ3v) is 5.06. The minimum atomic E-state index is -0.138. The van der Waals surface area contributed by atoms with Crippen LogP contribution < -0.4 is 14.8 Å². The van der Waals surface area contributed by atoms with Crippen LogP contribution in [0.3, 0.4) is 0 Å². The van der Waals surface area contributed by atoms with Gasteiger partial charge < -0.3 is 14.8 Å². The summed E-state index contributed by atoms with van der Waals surface area (Å²) in [5, 5.41) is 5.32. The fourth-order valence-electron chi connectivity index (χ4n) is 2.92. The Morgan fingerprint density at radius 2 is 1.89 bits per heavy atom. The lowest BCUT2D eigenvalue weighted by atomic mass is 10.0. The van der Waals surface area contributed by atoms with Crippen molar-refractivity contribution in [3.05, 3.63) is 69.3 Å². The average molecular weight is 475 g/mol. The van der Waals surface area contributed by atoms with E-state index in [4.69, 9.17) is 9.47 Å². The third kappa shape index (κ3) is 4.53. The second-order valence-electron chi connectivity index (χ2n) is 6.16. The van der Waals surface area contributed by atoms with Crippen molar-refractivity contribution in [2.24, 2.45) is 0 Å². The molecule has 27 heavy (non-hydrogen) atoms. The third-order valence-electron chi connectivity index (χ3n) is 4.26. The highest BCUT2D eigenvalue weighted by Gasteiger charge is 2.15. The molecule has 1 amide bonds. The molecule has 3 aromatic carbocycles. The minimum absolute atomic E-state index is 0.138. The number of carbonyl (C=O) groups excluding carboxylic acids is 1. The van der Waals surface area contributed by atoms with Gasteiger partial charge in [-0.15, -0.1) is 0 Å². The molecule has 0 saturated carbocycles. The number of fused-ring (bicyclic) bond motifs is 1. The van der Waals surface area contributed by atoms with Gasteiger partial charge in [0.2, 0.25) is 0 Å². The van der Waals surface area contributed by atoms with Gasteiger partial charge >= 0.3 is 0 Å². The summed E-state index contributed by atoms with van der Waals surface area (Å²) in [5.74, 6) is 1.12. The lowest BCUT2D eigenvalue weighted by molar-refractivity contribution is 0.0950. The summed E-state index contributed by atoms with van der Waals surface area (Å²) in [4.78, 5) is 12.7. The zero-order valence-electron chi connectivity index (χ0n) is 15.4. The number of hydrogen-bond donors (Lipinski definition) is 1. The summed E-state index contributed by atoms with van der Waals surface area (Å²) in [6.45, 7) is 3.13. The second kappa shape index (κ2) is 9.08. The first-order valence-electron chi connectivity index (χ1n) is 8.89. The van der Waals surface area contributed by atoms with Gasteiger partial charge in [-0.1, -0.05) is 49.4 Å². The minimum Gasteiger partial charge on any atom is -0.493 e. The summed E-state index contributed by atoms with van der Waals surface area (Å²) in [5.41, 5.74) is 1.64. The first kappa shape index (κ1) is 19.5. The predicted molar refractivity (Wildman–Crippen MR) is 117 cm³/mol. The lowest BCUT2D eigenvalue weighted by Crippen LogP contribution is -2.23. The molecule has 0 saturated heterocycles. The number of hydrogen-bond acceptors (Lipinski definition) is 3. The van der Waals surface area contributed by atoms with Crippen LogP contribution in [0.1, 0.15) is 29.3 Å². The highest BCUT2D eigenvalue weighted by Crippen LogP contribution is 2.34. The van der Waals surface area contributed by atoms with E-state index in [9.17, 15) is 4.79 Å². The van der Waals surface area contributed by atoms with Gasteiger partial charge in [-0.05, 0) is 57.5 Å². The molecular formula is C22H22INO3. The molecule has 0 aromatic heterocycles. The van der Waals surface area contributed by atoms with E-state index < -0.39 is 0 Å². The lowest BCUT2D eigenvalue weighted by Gasteiger charge is -2.14. The number of methoxy groups -OCH3 is 1. The van der Waals surface area contributed by atoms with Crippen LogP contribution in [0.25, 0.3) is 10.8 Å². The van der Waals surface area contributed by atoms with Crippen molar-refractivity contribution in [1.29, 1.82) is 0 Å². The first-order chi connectivity index (χ1) is 13.1. The van der Waals surface area contributed by atoms with Crippen molar-refractivity contribution in [2.45, 2.75) is 19.9 Å². The molecular weight excluding hydrogens is 453 g/mol. The Hall–Kier alpha value is -2.28. The summed E-state index contributed by atoms with van der Waals surface area (Å²) >= 11 is 2.17. The van der Waals surface area contributed by atoms with Gasteiger partial charge in [0.1, 0.15) is 0 Å². The zero-order valence-corrected chi connectivity index (χ0v) is 17.6. The van der Waals surface area contributed by atoms with Crippen molar-refractivity contribution in [3.63, 3.8) is 0 Å². The van der Waals surface area contributed by atoms with E-state index in [-0.39, 0.29) is 5.91 Å². The number of halogens is 1. The van der Waals surface area contributed by atoms with E-state index in [2.05, 4.69) is 53.0 Å². The average Bonchev–Trinajstić information content (AvgIpc) is 2.70. The maximum Gasteiger partial charge on any atom is 0.251 e. The zero-order chi connectivity index (χ0) is 19.2. The highest BCUT2D eigenvalue weighted by molar-refractivity contribution is 14.1. The molecule has 140 valence electrons. The van der Waals surface area contributed by atoms with E-state index >= 15 is 0 Å². The molecule has 0 unspecified atom stereocenters. The smallest absolute Gasteiger partial charge is 0.251 e. The number of amides is 1. The van der Waals surface area contributed by atoms with Crippen molar-refractivity contribution < 1.29 is 14.3 Å². The van der Waals surface area contributed by atoms with Gasteiger partial charge in [0, 0.05) is 12.1 Å². The van der Waals surface area contributed by atoms with Crippen LogP contribution in [0.4, 0.5) is 0 Å². The van der Waals surface area contributed by atoms with Gasteiger partial charge in [0.15, 0.2) is 11.5 Å². The molecule has 1 N–H and O–H groups in total. The molecule has 0 atom stereocenters. The van der Waals surface area contributed by atoms with Crippen molar-refractivity contribution >= 4 is 39.3 Å². The standard InChI is InChI=1S/C22H22INO3/c1-3-11-27-21-19(23)12-17(13-20(21)26-2)22(25)24-14-16-9-6-8-15-7-4-5-10-18(15)16/h4-10,12-13H,3,11,14H2,1-2H3,(H,24,25). The Bertz CT molecular complexity index is 950. The molecule has 0 radical (unpaired) electrons. The molecule has 0 spiro atoms. The van der Waals surface area contributed by atoms with Crippen LogP contribution in [-0.4, -0.2) is 19.6 Å². The predicted octanol–water partition coefficient (Wildman–Crippen LogP) is 5.17. The van der Waals surface area contributed by atoms with E-state index in [1.54, 1.807) is 13.2 Å². The molecule has 0 aliphatic rings. The Morgan fingerprint density at radius 3 is 2.67 bits per heavy atom. The summed E-state index contributed by atoms with van der Waals surface area (Å²) in [7, 11) is 1.59. The Kier molecular flexibility index (Phi) is 6.55. The van der Waals surface area contributed by atoms with Crippen LogP contribution in [0.15, 0.2) is 54.6 Å². The fourth-order valence-corrected chi connectivity index (χ4v) is 3.68. The number of nitrogens with one attached hydrogen (secondary N) is 1. The molecule has 0 bridgehead atoms. The fraction of sp³-hybridized carbons (Fsp3) is 0.227. The largest absolute Gasteiger partial charge is 0.493 e. The monoisotopic (exact) mass is 475 g/mol. The van der Waals surface area contributed by atoms with E-state index in [1.165, 1.54) is 0 Å². The van der Waals surface area contributed by atoms with Crippen LogP contribution >= 0.6 is 22.6 Å². The van der Waals surface area contributed by atoms with Crippen LogP contribution in [0.2, 0.25) is 0 Å². The SMILES string of the molecule is CCCOc1c(I)cc(C(=O)NCc2cccc3ccccc23)cc1OC. The number of benzene rings is 3. The normalized spacial score (nSPS) is 10.6. The van der Waals surface area contributed by atoms with Crippen molar-refractivity contribution in [1.82, 2.24) is 5.32 Å². The van der Waals surface area contributed by atoms with Crippen LogP contribution in [0, 0.1) is 3.57 Å². The molecule has 3 aromatic rings. The highest BCUT2D eigenvalue weighted by atomic mass is 127. The van der Waals surface area contributed by atoms with Crippen LogP contribution in [-0.2, 0) is 6.54 Å². The first-order valence-corrected chi connectivity index (χ1v) is 9.97. The molecule has 0 aliphatic carbocycles. The second-order valence-corrected chi connectivity index (χ2v) is 7.32. The van der Waals surface area contributed by atoms with Gasteiger partial charge in [-0.2, -0.15) is 0 Å². The van der Waals surface area contributed by atoms with E-state index in [1.807, 2.05) is 30.3 Å². The van der Waals surface area contributed by atoms with Gasteiger partial charge in [-0.3, -0.25) is 4.79 Å². The Labute approximate surface area is 173 Å². The molecule has 0 aliphatic heterocycles. The van der Waals surface area contributed by atoms with Gasteiger partial charge in [-0.25, -0.2) is 0 Å². The van der Waals surface area contributed by atoms with Gasteiger partial charge in [0.25, 0.3) is 5.91 Å². The molecule has 4 nitrogen and oxygen atoms in total. The van der Waals surface area contributed by atoms with E-state index in [0.717, 1.165) is 26.3 Å². The Balaban J connectivity index is 1.78. The van der Waals surface area contributed by atoms with Gasteiger partial charge in [0.05, 0.1) is 17.3 Å². The quantitative estimate of drug-likeness (QED) is 0.480.